The van der Waals surface area contributed by atoms with Crippen LogP contribution in [0.2, 0.25) is 0 Å². The quantitative estimate of drug-likeness (QED) is 0.712. The van der Waals surface area contributed by atoms with Crippen molar-refractivity contribution in [2.45, 2.75) is 52.2 Å². The predicted molar refractivity (Wildman–Crippen MR) is 80.9 cm³/mol. The maximum absolute atomic E-state index is 2.29. The van der Waals surface area contributed by atoms with Gasteiger partial charge in [0.25, 0.3) is 0 Å². The molecule has 0 heterocycles. The van der Waals surface area contributed by atoms with Crippen molar-refractivity contribution >= 4 is 11.8 Å². The van der Waals surface area contributed by atoms with E-state index in [1.54, 1.807) is 0 Å². The van der Waals surface area contributed by atoms with Crippen LogP contribution in [0.1, 0.15) is 45.7 Å². The minimum atomic E-state index is 0.382. The van der Waals surface area contributed by atoms with Gasteiger partial charge in [-0.15, -0.1) is 0 Å². The van der Waals surface area contributed by atoms with Crippen molar-refractivity contribution in [2.24, 2.45) is 5.92 Å². The molecule has 0 nitrogen and oxygen atoms in total. The molecule has 0 fully saturated rings. The second-order valence-electron chi connectivity index (χ2n) is 6.08. The van der Waals surface area contributed by atoms with Crippen molar-refractivity contribution < 1.29 is 0 Å². The van der Waals surface area contributed by atoms with E-state index in [1.807, 2.05) is 0 Å². The molecule has 0 spiro atoms. The first-order chi connectivity index (χ1) is 7.88. The molecule has 0 unspecified atom stereocenters. The molecule has 1 aromatic carbocycles. The summed E-state index contributed by atoms with van der Waals surface area (Å²) >= 11 is 2.06. The average Bonchev–Trinajstić information content (AvgIpc) is 2.18. The Kier molecular flexibility index (Phi) is 5.58. The lowest BCUT2D eigenvalue weighted by Crippen LogP contribution is -2.09. The second kappa shape index (κ2) is 6.49. The Balaban J connectivity index is 2.58. The topological polar surface area (TPSA) is 0 Å². The minimum absolute atomic E-state index is 0.382. The van der Waals surface area contributed by atoms with Crippen LogP contribution in [0.15, 0.2) is 24.3 Å². The van der Waals surface area contributed by atoms with E-state index >= 15 is 0 Å². The first-order valence-corrected chi connectivity index (χ1v) is 7.58. The summed E-state index contributed by atoms with van der Waals surface area (Å²) in [5.41, 5.74) is 3.08. The molecule has 0 aromatic heterocycles. The fourth-order valence-electron chi connectivity index (χ4n) is 1.91. The molecule has 0 radical (unpaired) electrons. The van der Waals surface area contributed by atoms with Gasteiger partial charge in [0.1, 0.15) is 0 Å². The maximum atomic E-state index is 2.29. The standard InChI is InChI=1S/C16H26S/c1-13(2)12-15-9-7-6-8-14(15)10-11-17-16(3,4)5/h6-9,13H,10-12H2,1-5H3. The maximum Gasteiger partial charge on any atom is 0.00752 e. The summed E-state index contributed by atoms with van der Waals surface area (Å²) in [6.45, 7) is 11.5. The molecule has 1 aromatic rings. The van der Waals surface area contributed by atoms with E-state index in [0.717, 1.165) is 5.92 Å². The highest BCUT2D eigenvalue weighted by atomic mass is 32.2. The van der Waals surface area contributed by atoms with Gasteiger partial charge in [0.2, 0.25) is 0 Å². The van der Waals surface area contributed by atoms with Crippen molar-refractivity contribution in [3.63, 3.8) is 0 Å². The van der Waals surface area contributed by atoms with Gasteiger partial charge in [-0.25, -0.2) is 0 Å². The summed E-state index contributed by atoms with van der Waals surface area (Å²) < 4.78 is 0.382. The van der Waals surface area contributed by atoms with E-state index < -0.39 is 0 Å². The molecule has 0 amide bonds. The molecule has 17 heavy (non-hydrogen) atoms. The molecule has 0 N–H and O–H groups in total. The summed E-state index contributed by atoms with van der Waals surface area (Å²) in [6, 6.07) is 8.91. The van der Waals surface area contributed by atoms with Gasteiger partial charge in [-0.3, -0.25) is 0 Å². The number of hydrogen-bond donors (Lipinski definition) is 0. The Morgan fingerprint density at radius 3 is 2.18 bits per heavy atom. The van der Waals surface area contributed by atoms with Crippen LogP contribution in [-0.2, 0) is 12.8 Å². The third-order valence-electron chi connectivity index (χ3n) is 2.65. The lowest BCUT2D eigenvalue weighted by molar-refractivity contribution is 0.643. The number of aryl methyl sites for hydroxylation is 1. The summed E-state index contributed by atoms with van der Waals surface area (Å²) in [7, 11) is 0. The summed E-state index contributed by atoms with van der Waals surface area (Å²) in [6.07, 6.45) is 2.40. The van der Waals surface area contributed by atoms with Gasteiger partial charge in [0, 0.05) is 4.75 Å². The molecular weight excluding hydrogens is 224 g/mol. The van der Waals surface area contributed by atoms with Crippen molar-refractivity contribution in [1.29, 1.82) is 0 Å². The smallest absolute Gasteiger partial charge is 0.00752 e. The molecule has 0 bridgehead atoms. The minimum Gasteiger partial charge on any atom is -0.156 e. The highest BCUT2D eigenvalue weighted by Crippen LogP contribution is 2.25. The van der Waals surface area contributed by atoms with Crippen molar-refractivity contribution in [3.8, 4) is 0 Å². The van der Waals surface area contributed by atoms with E-state index in [-0.39, 0.29) is 0 Å². The number of rotatable bonds is 5. The highest BCUT2D eigenvalue weighted by Gasteiger charge is 2.11. The fourth-order valence-corrected chi connectivity index (χ4v) is 2.84. The molecule has 0 saturated carbocycles. The van der Waals surface area contributed by atoms with Crippen LogP contribution >= 0.6 is 11.8 Å². The second-order valence-corrected chi connectivity index (χ2v) is 8.00. The van der Waals surface area contributed by atoms with E-state index in [2.05, 4.69) is 70.6 Å². The molecular formula is C16H26S. The van der Waals surface area contributed by atoms with Crippen LogP contribution in [-0.4, -0.2) is 10.5 Å². The van der Waals surface area contributed by atoms with Crippen molar-refractivity contribution in [1.82, 2.24) is 0 Å². The van der Waals surface area contributed by atoms with Gasteiger partial charge in [0.15, 0.2) is 0 Å². The van der Waals surface area contributed by atoms with Gasteiger partial charge in [-0.1, -0.05) is 58.9 Å². The zero-order valence-electron chi connectivity index (χ0n) is 11.9. The first kappa shape index (κ1) is 14.6. The molecule has 0 atom stereocenters. The first-order valence-electron chi connectivity index (χ1n) is 6.59. The van der Waals surface area contributed by atoms with Crippen LogP contribution in [0.25, 0.3) is 0 Å². The predicted octanol–water partition coefficient (Wildman–Crippen LogP) is 4.96. The van der Waals surface area contributed by atoms with Crippen molar-refractivity contribution in [2.75, 3.05) is 5.75 Å². The molecule has 0 aliphatic rings. The van der Waals surface area contributed by atoms with Crippen LogP contribution in [0, 0.1) is 5.92 Å². The van der Waals surface area contributed by atoms with Gasteiger partial charge in [0.05, 0.1) is 0 Å². The van der Waals surface area contributed by atoms with Crippen LogP contribution in [0.3, 0.4) is 0 Å². The third-order valence-corrected chi connectivity index (χ3v) is 3.93. The molecule has 96 valence electrons. The largest absolute Gasteiger partial charge is 0.156 e. The Labute approximate surface area is 111 Å². The Bertz CT molecular complexity index is 334. The summed E-state index contributed by atoms with van der Waals surface area (Å²) in [5.74, 6) is 1.96. The number of benzene rings is 1. The zero-order valence-corrected chi connectivity index (χ0v) is 12.7. The van der Waals surface area contributed by atoms with E-state index in [0.29, 0.717) is 4.75 Å². The van der Waals surface area contributed by atoms with Crippen LogP contribution < -0.4 is 0 Å². The van der Waals surface area contributed by atoms with E-state index in [1.165, 1.54) is 29.7 Å². The van der Waals surface area contributed by atoms with E-state index in [9.17, 15) is 0 Å². The summed E-state index contributed by atoms with van der Waals surface area (Å²) in [5, 5.41) is 0. The van der Waals surface area contributed by atoms with Gasteiger partial charge >= 0.3 is 0 Å². The van der Waals surface area contributed by atoms with Crippen LogP contribution in [0.4, 0.5) is 0 Å². The van der Waals surface area contributed by atoms with Gasteiger partial charge < -0.3 is 0 Å². The normalized spacial score (nSPS) is 12.1. The Morgan fingerprint density at radius 2 is 1.65 bits per heavy atom. The Hall–Kier alpha value is -0.430. The SMILES string of the molecule is CC(C)Cc1ccccc1CCSC(C)(C)C. The van der Waals surface area contributed by atoms with Gasteiger partial charge in [-0.2, -0.15) is 11.8 Å². The Morgan fingerprint density at radius 1 is 1.06 bits per heavy atom. The summed E-state index contributed by atoms with van der Waals surface area (Å²) in [4.78, 5) is 0. The van der Waals surface area contributed by atoms with E-state index in [4.69, 9.17) is 0 Å². The lowest BCUT2D eigenvalue weighted by Gasteiger charge is -2.18. The van der Waals surface area contributed by atoms with Crippen LogP contribution in [0.5, 0.6) is 0 Å². The molecule has 0 saturated heterocycles. The molecule has 0 aliphatic heterocycles. The average molecular weight is 250 g/mol. The zero-order chi connectivity index (χ0) is 12.9. The monoisotopic (exact) mass is 250 g/mol. The van der Waals surface area contributed by atoms with Crippen molar-refractivity contribution in [3.05, 3.63) is 35.4 Å². The third kappa shape index (κ3) is 6.16. The lowest BCUT2D eigenvalue weighted by atomic mass is 9.97. The fraction of sp³-hybridized carbons (Fsp3) is 0.625. The highest BCUT2D eigenvalue weighted by molar-refractivity contribution is 8.00. The molecule has 1 rings (SSSR count). The number of hydrogen-bond acceptors (Lipinski definition) is 1. The number of thioether (sulfide) groups is 1. The molecule has 1 heteroatoms. The molecule has 0 aliphatic carbocycles. The van der Waals surface area contributed by atoms with Gasteiger partial charge in [-0.05, 0) is 35.6 Å².